The summed E-state index contributed by atoms with van der Waals surface area (Å²) in [7, 11) is -3.34. The summed E-state index contributed by atoms with van der Waals surface area (Å²) in [6.07, 6.45) is 1.14. The third kappa shape index (κ3) is 2.78. The van der Waals surface area contributed by atoms with E-state index in [0.717, 1.165) is 17.5 Å². The highest BCUT2D eigenvalue weighted by Crippen LogP contribution is 2.27. The Bertz CT molecular complexity index is 775. The van der Waals surface area contributed by atoms with E-state index in [9.17, 15) is 18.5 Å². The maximum absolute atomic E-state index is 12.1. The first kappa shape index (κ1) is 14.8. The van der Waals surface area contributed by atoms with Gasteiger partial charge in [-0.25, -0.2) is 18.4 Å². The Morgan fingerprint density at radius 1 is 1.40 bits per heavy atom. The molecule has 108 valence electrons. The third-order valence-corrected chi connectivity index (χ3v) is 6.42. The van der Waals surface area contributed by atoms with Crippen LogP contribution in [-0.4, -0.2) is 28.1 Å². The summed E-state index contributed by atoms with van der Waals surface area (Å²) in [5.74, 6) is -0.189. The number of rotatable bonds is 3. The van der Waals surface area contributed by atoms with Crippen LogP contribution >= 0.6 is 11.3 Å². The van der Waals surface area contributed by atoms with Crippen molar-refractivity contribution in [3.63, 3.8) is 0 Å². The molecule has 2 aromatic heterocycles. The van der Waals surface area contributed by atoms with Crippen LogP contribution in [0, 0.1) is 10.1 Å². The van der Waals surface area contributed by atoms with Gasteiger partial charge in [-0.15, -0.1) is 0 Å². The number of hydrogen-bond acceptors (Lipinski definition) is 7. The van der Waals surface area contributed by atoms with E-state index in [4.69, 9.17) is 0 Å². The zero-order valence-corrected chi connectivity index (χ0v) is 12.8. The molecule has 0 aromatic carbocycles. The van der Waals surface area contributed by atoms with E-state index in [-0.39, 0.29) is 11.4 Å². The molecule has 0 aliphatic heterocycles. The number of nitrogens with zero attached hydrogens (tertiary/aromatic N) is 3. The van der Waals surface area contributed by atoms with Crippen molar-refractivity contribution in [1.29, 1.82) is 0 Å². The van der Waals surface area contributed by atoms with Crippen LogP contribution in [-0.2, 0) is 15.6 Å². The van der Waals surface area contributed by atoms with Gasteiger partial charge in [0.05, 0.1) is 9.67 Å². The molecule has 2 aromatic rings. The molecule has 0 radical (unpaired) electrons. The van der Waals surface area contributed by atoms with Crippen molar-refractivity contribution in [2.45, 2.75) is 31.3 Å². The highest BCUT2D eigenvalue weighted by molar-refractivity contribution is 7.92. The van der Waals surface area contributed by atoms with Crippen molar-refractivity contribution in [3.05, 3.63) is 27.4 Å². The van der Waals surface area contributed by atoms with Gasteiger partial charge < -0.3 is 0 Å². The molecule has 20 heavy (non-hydrogen) atoms. The highest BCUT2D eigenvalue weighted by atomic mass is 32.2. The van der Waals surface area contributed by atoms with Gasteiger partial charge >= 0.3 is 0 Å². The summed E-state index contributed by atoms with van der Waals surface area (Å²) in [4.78, 5) is 18.7. The minimum Gasteiger partial charge on any atom is -0.258 e. The minimum absolute atomic E-state index is 0.159. The lowest BCUT2D eigenvalue weighted by atomic mass is 10.3. The van der Waals surface area contributed by atoms with Crippen LogP contribution in [0.5, 0.6) is 0 Å². The first-order valence-corrected chi connectivity index (χ1v) is 8.19. The number of hydrogen-bond donors (Lipinski definition) is 0. The van der Waals surface area contributed by atoms with Crippen LogP contribution in [0.1, 0.15) is 25.8 Å². The van der Waals surface area contributed by atoms with E-state index in [1.165, 1.54) is 6.07 Å². The summed E-state index contributed by atoms with van der Waals surface area (Å²) >= 11 is 1.14. The molecule has 0 fully saturated rings. The quantitative estimate of drug-likeness (QED) is 0.636. The fourth-order valence-electron chi connectivity index (χ4n) is 1.40. The standard InChI is InChI=1S/C11H13N3O4S2/c1-11(2,3)20(17,18)6-9-13-8-4-7(14(15)16)5-12-10(8)19-9/h4-5H,6H2,1-3H3. The number of pyridine rings is 1. The maximum atomic E-state index is 12.1. The van der Waals surface area contributed by atoms with Gasteiger partial charge in [-0.2, -0.15) is 0 Å². The molecule has 0 spiro atoms. The number of fused-ring (bicyclic) bond motifs is 1. The second-order valence-electron chi connectivity index (χ2n) is 5.25. The molecule has 0 bridgehead atoms. The molecule has 9 heteroatoms. The molecule has 0 aliphatic carbocycles. The minimum atomic E-state index is -3.34. The average Bonchev–Trinajstić information content (AvgIpc) is 2.67. The van der Waals surface area contributed by atoms with Crippen LogP contribution in [0.25, 0.3) is 10.3 Å². The largest absolute Gasteiger partial charge is 0.289 e. The molecule has 0 saturated heterocycles. The first-order chi connectivity index (χ1) is 9.10. The second kappa shape index (κ2) is 4.74. The molecule has 0 unspecified atom stereocenters. The lowest BCUT2D eigenvalue weighted by Crippen LogP contribution is -2.29. The zero-order chi connectivity index (χ0) is 15.1. The summed E-state index contributed by atoms with van der Waals surface area (Å²) < 4.78 is 23.4. The SMILES string of the molecule is CC(C)(C)S(=O)(=O)Cc1nc2cc([N+](=O)[O-])cnc2s1. The Kier molecular flexibility index (Phi) is 3.51. The molecular weight excluding hydrogens is 302 g/mol. The Morgan fingerprint density at radius 2 is 2.05 bits per heavy atom. The van der Waals surface area contributed by atoms with E-state index in [2.05, 4.69) is 9.97 Å². The van der Waals surface area contributed by atoms with Gasteiger partial charge in [0.1, 0.15) is 27.3 Å². The van der Waals surface area contributed by atoms with Gasteiger partial charge in [0.15, 0.2) is 9.84 Å². The Labute approximate surface area is 119 Å². The van der Waals surface area contributed by atoms with E-state index in [1.807, 2.05) is 0 Å². The molecule has 2 heterocycles. The molecule has 0 amide bonds. The Morgan fingerprint density at radius 3 is 2.60 bits per heavy atom. The van der Waals surface area contributed by atoms with Gasteiger partial charge in [-0.1, -0.05) is 11.3 Å². The molecular formula is C11H13N3O4S2. The van der Waals surface area contributed by atoms with Gasteiger partial charge in [0.2, 0.25) is 0 Å². The zero-order valence-electron chi connectivity index (χ0n) is 11.2. The number of sulfone groups is 1. The van der Waals surface area contributed by atoms with Crippen LogP contribution in [0.4, 0.5) is 5.69 Å². The number of thiazole rings is 1. The fraction of sp³-hybridized carbons (Fsp3) is 0.455. The van der Waals surface area contributed by atoms with Gasteiger partial charge in [-0.3, -0.25) is 10.1 Å². The summed E-state index contributed by atoms with van der Waals surface area (Å²) in [5, 5.41) is 11.0. The fourth-order valence-corrected chi connectivity index (χ4v) is 3.60. The van der Waals surface area contributed by atoms with Crippen LogP contribution in [0.2, 0.25) is 0 Å². The highest BCUT2D eigenvalue weighted by Gasteiger charge is 2.30. The lowest BCUT2D eigenvalue weighted by Gasteiger charge is -2.17. The molecule has 7 nitrogen and oxygen atoms in total. The van der Waals surface area contributed by atoms with E-state index >= 15 is 0 Å². The Hall–Kier alpha value is -1.61. The predicted octanol–water partition coefficient (Wildman–Crippen LogP) is 2.31. The summed E-state index contributed by atoms with van der Waals surface area (Å²) in [5.41, 5.74) is 0.191. The van der Waals surface area contributed by atoms with Crippen molar-refractivity contribution in [2.75, 3.05) is 0 Å². The number of nitro groups is 1. The van der Waals surface area contributed by atoms with Crippen LogP contribution < -0.4 is 0 Å². The van der Waals surface area contributed by atoms with Gasteiger partial charge in [0, 0.05) is 6.07 Å². The smallest absolute Gasteiger partial charge is 0.258 e. The summed E-state index contributed by atoms with van der Waals surface area (Å²) in [6, 6.07) is 1.30. The van der Waals surface area contributed by atoms with Crippen molar-refractivity contribution >= 4 is 37.2 Å². The monoisotopic (exact) mass is 315 g/mol. The van der Waals surface area contributed by atoms with Gasteiger partial charge in [-0.05, 0) is 20.8 Å². The van der Waals surface area contributed by atoms with Crippen molar-refractivity contribution in [2.24, 2.45) is 0 Å². The molecule has 0 aliphatic rings. The molecule has 0 N–H and O–H groups in total. The van der Waals surface area contributed by atoms with Crippen LogP contribution in [0.15, 0.2) is 12.3 Å². The summed E-state index contributed by atoms with van der Waals surface area (Å²) in [6.45, 7) is 4.87. The lowest BCUT2D eigenvalue weighted by molar-refractivity contribution is -0.385. The van der Waals surface area contributed by atoms with E-state index in [1.54, 1.807) is 20.8 Å². The van der Waals surface area contributed by atoms with E-state index in [0.29, 0.717) is 15.4 Å². The normalized spacial score (nSPS) is 12.8. The molecule has 2 rings (SSSR count). The number of aromatic nitrogens is 2. The van der Waals surface area contributed by atoms with Crippen molar-refractivity contribution in [1.82, 2.24) is 9.97 Å². The van der Waals surface area contributed by atoms with Gasteiger partial charge in [0.25, 0.3) is 5.69 Å². The average molecular weight is 315 g/mol. The maximum Gasteiger partial charge on any atom is 0.289 e. The molecule has 0 saturated carbocycles. The topological polar surface area (TPSA) is 103 Å². The van der Waals surface area contributed by atoms with E-state index < -0.39 is 19.5 Å². The predicted molar refractivity (Wildman–Crippen MR) is 76.4 cm³/mol. The second-order valence-corrected chi connectivity index (χ2v) is 9.06. The third-order valence-electron chi connectivity index (χ3n) is 2.73. The van der Waals surface area contributed by atoms with Crippen molar-refractivity contribution in [3.8, 4) is 0 Å². The first-order valence-electron chi connectivity index (χ1n) is 5.72. The molecule has 0 atom stereocenters. The van der Waals surface area contributed by atoms with Crippen molar-refractivity contribution < 1.29 is 13.3 Å². The van der Waals surface area contributed by atoms with Crippen LogP contribution in [0.3, 0.4) is 0 Å². The Balaban J connectivity index is 2.41.